The third-order valence-corrected chi connectivity index (χ3v) is 5.90. The molecule has 2 aromatic carbocycles. The molecule has 2 heterocycles. The molecule has 1 amide bonds. The summed E-state index contributed by atoms with van der Waals surface area (Å²) >= 11 is 1.55. The highest BCUT2D eigenvalue weighted by Gasteiger charge is 2.28. The number of amides is 1. The van der Waals surface area contributed by atoms with Gasteiger partial charge in [0.15, 0.2) is 0 Å². The molecule has 1 aliphatic rings. The number of carbonyl (C=O) groups is 2. The van der Waals surface area contributed by atoms with E-state index in [4.69, 9.17) is 9.26 Å². The van der Waals surface area contributed by atoms with E-state index in [2.05, 4.69) is 5.16 Å². The van der Waals surface area contributed by atoms with E-state index >= 15 is 0 Å². The maximum Gasteiger partial charge on any atom is 0.337 e. The Morgan fingerprint density at radius 3 is 2.79 bits per heavy atom. The number of methoxy groups -OCH3 is 1. The van der Waals surface area contributed by atoms with Crippen LogP contribution in [0, 0.1) is 6.92 Å². The van der Waals surface area contributed by atoms with Gasteiger partial charge in [-0.2, -0.15) is 0 Å². The SMILES string of the molecule is COC(=O)c1ccc2c(c1)CCN2C(=O)c1ccccc1SCc1cc(C)no1. The number of anilines is 1. The molecule has 0 saturated carbocycles. The molecular formula is C22H20N2O4S. The quantitative estimate of drug-likeness (QED) is 0.464. The fourth-order valence-electron chi connectivity index (χ4n) is 3.41. The Morgan fingerprint density at radius 2 is 2.03 bits per heavy atom. The lowest BCUT2D eigenvalue weighted by Crippen LogP contribution is -2.29. The van der Waals surface area contributed by atoms with Gasteiger partial charge in [-0.05, 0) is 49.2 Å². The largest absolute Gasteiger partial charge is 0.465 e. The molecule has 1 aromatic heterocycles. The van der Waals surface area contributed by atoms with Gasteiger partial charge in [0, 0.05) is 23.2 Å². The Bertz CT molecular complexity index is 1080. The molecule has 0 aliphatic carbocycles. The fraction of sp³-hybridized carbons (Fsp3) is 0.227. The highest BCUT2D eigenvalue weighted by atomic mass is 32.2. The average Bonchev–Trinajstić information content (AvgIpc) is 3.36. The number of hydrogen-bond acceptors (Lipinski definition) is 6. The zero-order valence-corrected chi connectivity index (χ0v) is 17.0. The minimum absolute atomic E-state index is 0.0496. The van der Waals surface area contributed by atoms with Crippen LogP contribution in [0.3, 0.4) is 0 Å². The number of benzene rings is 2. The van der Waals surface area contributed by atoms with Crippen LogP contribution in [0.4, 0.5) is 5.69 Å². The van der Waals surface area contributed by atoms with Crippen molar-refractivity contribution >= 4 is 29.3 Å². The van der Waals surface area contributed by atoms with E-state index in [0.29, 0.717) is 29.8 Å². The first-order valence-electron chi connectivity index (χ1n) is 9.24. The number of nitrogens with zero attached hydrogens (tertiary/aromatic N) is 2. The van der Waals surface area contributed by atoms with Gasteiger partial charge in [0.25, 0.3) is 5.91 Å². The number of aromatic nitrogens is 1. The zero-order valence-electron chi connectivity index (χ0n) is 16.2. The minimum Gasteiger partial charge on any atom is -0.465 e. The lowest BCUT2D eigenvalue weighted by atomic mass is 10.1. The highest BCUT2D eigenvalue weighted by molar-refractivity contribution is 7.98. The van der Waals surface area contributed by atoms with Crippen molar-refractivity contribution in [3.8, 4) is 0 Å². The lowest BCUT2D eigenvalue weighted by Gasteiger charge is -2.19. The number of rotatable bonds is 5. The molecule has 6 nitrogen and oxygen atoms in total. The van der Waals surface area contributed by atoms with Crippen molar-refractivity contribution in [3.63, 3.8) is 0 Å². The number of ether oxygens (including phenoxy) is 1. The third-order valence-electron chi connectivity index (χ3n) is 4.81. The highest BCUT2D eigenvalue weighted by Crippen LogP contribution is 2.33. The first-order chi connectivity index (χ1) is 14.1. The van der Waals surface area contributed by atoms with E-state index < -0.39 is 0 Å². The van der Waals surface area contributed by atoms with Crippen LogP contribution in [0.15, 0.2) is 57.9 Å². The summed E-state index contributed by atoms with van der Waals surface area (Å²) in [4.78, 5) is 27.7. The van der Waals surface area contributed by atoms with Crippen LogP contribution in [-0.2, 0) is 16.9 Å². The van der Waals surface area contributed by atoms with Crippen LogP contribution in [-0.4, -0.2) is 30.7 Å². The first kappa shape index (κ1) is 19.3. The van der Waals surface area contributed by atoms with Crippen molar-refractivity contribution in [2.75, 3.05) is 18.6 Å². The molecule has 0 fully saturated rings. The van der Waals surface area contributed by atoms with Crippen molar-refractivity contribution in [1.82, 2.24) is 5.16 Å². The average molecular weight is 408 g/mol. The molecule has 148 valence electrons. The molecule has 29 heavy (non-hydrogen) atoms. The maximum atomic E-state index is 13.3. The van der Waals surface area contributed by atoms with E-state index in [1.807, 2.05) is 43.3 Å². The second-order valence-electron chi connectivity index (χ2n) is 6.76. The molecule has 1 aliphatic heterocycles. The van der Waals surface area contributed by atoms with Crippen molar-refractivity contribution in [3.05, 3.63) is 76.7 Å². The third kappa shape index (κ3) is 3.91. The lowest BCUT2D eigenvalue weighted by molar-refractivity contribution is 0.0600. The normalized spacial score (nSPS) is 12.7. The van der Waals surface area contributed by atoms with Gasteiger partial charge >= 0.3 is 5.97 Å². The van der Waals surface area contributed by atoms with Gasteiger partial charge in [-0.3, -0.25) is 4.79 Å². The fourth-order valence-corrected chi connectivity index (χ4v) is 4.32. The summed E-state index contributed by atoms with van der Waals surface area (Å²) in [5.74, 6) is 0.953. The van der Waals surface area contributed by atoms with Crippen molar-refractivity contribution < 1.29 is 18.8 Å². The van der Waals surface area contributed by atoms with E-state index in [1.54, 1.807) is 28.8 Å². The van der Waals surface area contributed by atoms with Crippen LogP contribution in [0.1, 0.15) is 37.7 Å². The zero-order chi connectivity index (χ0) is 20.4. The smallest absolute Gasteiger partial charge is 0.337 e. The number of hydrogen-bond donors (Lipinski definition) is 0. The monoisotopic (exact) mass is 408 g/mol. The van der Waals surface area contributed by atoms with Gasteiger partial charge in [0.2, 0.25) is 0 Å². The summed E-state index contributed by atoms with van der Waals surface area (Å²) in [5, 5.41) is 3.90. The molecule has 7 heteroatoms. The molecule has 0 unspecified atom stereocenters. The maximum absolute atomic E-state index is 13.3. The Kier molecular flexibility index (Phi) is 5.40. The van der Waals surface area contributed by atoms with Gasteiger partial charge in [-0.15, -0.1) is 11.8 Å². The number of fused-ring (bicyclic) bond motifs is 1. The molecule has 0 spiro atoms. The Morgan fingerprint density at radius 1 is 1.21 bits per heavy atom. The van der Waals surface area contributed by atoms with E-state index in [0.717, 1.165) is 27.6 Å². The van der Waals surface area contributed by atoms with E-state index in [1.165, 1.54) is 7.11 Å². The minimum atomic E-state index is -0.373. The van der Waals surface area contributed by atoms with Crippen molar-refractivity contribution in [2.24, 2.45) is 0 Å². The molecule has 0 radical (unpaired) electrons. The Balaban J connectivity index is 1.56. The summed E-state index contributed by atoms with van der Waals surface area (Å²) in [7, 11) is 1.36. The van der Waals surface area contributed by atoms with Crippen LogP contribution in [0.25, 0.3) is 0 Å². The summed E-state index contributed by atoms with van der Waals surface area (Å²) in [6.45, 7) is 2.46. The van der Waals surface area contributed by atoms with Crippen molar-refractivity contribution in [2.45, 2.75) is 24.0 Å². The molecule has 4 rings (SSSR count). The standard InChI is InChI=1S/C22H20N2O4S/c1-14-11-17(28-23-14)13-29-20-6-4-3-5-18(20)21(25)24-10-9-15-12-16(22(26)27-2)7-8-19(15)24/h3-8,11-12H,9-10,13H2,1-2H3. The molecule has 0 bridgehead atoms. The second-order valence-corrected chi connectivity index (χ2v) is 7.78. The molecule has 0 saturated heterocycles. The van der Waals surface area contributed by atoms with Crippen LogP contribution < -0.4 is 4.90 Å². The van der Waals surface area contributed by atoms with Gasteiger partial charge < -0.3 is 14.2 Å². The number of esters is 1. The number of carbonyl (C=O) groups excluding carboxylic acids is 2. The molecule has 3 aromatic rings. The molecule has 0 atom stereocenters. The number of thioether (sulfide) groups is 1. The van der Waals surface area contributed by atoms with Crippen LogP contribution in [0.5, 0.6) is 0 Å². The van der Waals surface area contributed by atoms with Crippen molar-refractivity contribution in [1.29, 1.82) is 0 Å². The Hall–Kier alpha value is -3.06. The topological polar surface area (TPSA) is 72.6 Å². The summed E-state index contributed by atoms with van der Waals surface area (Å²) in [5.41, 5.74) is 3.80. The predicted molar refractivity (Wildman–Crippen MR) is 110 cm³/mol. The van der Waals surface area contributed by atoms with Gasteiger partial charge in [-0.25, -0.2) is 4.79 Å². The Labute approximate surface area is 172 Å². The molecular weight excluding hydrogens is 388 g/mol. The first-order valence-corrected chi connectivity index (χ1v) is 10.2. The van der Waals surface area contributed by atoms with Gasteiger partial charge in [-0.1, -0.05) is 17.3 Å². The van der Waals surface area contributed by atoms with Crippen LogP contribution >= 0.6 is 11.8 Å². The summed E-state index contributed by atoms with van der Waals surface area (Å²) in [6, 6.07) is 14.8. The second kappa shape index (κ2) is 8.13. The summed E-state index contributed by atoms with van der Waals surface area (Å²) in [6.07, 6.45) is 0.707. The van der Waals surface area contributed by atoms with E-state index in [9.17, 15) is 9.59 Å². The van der Waals surface area contributed by atoms with Gasteiger partial charge in [0.1, 0.15) is 5.76 Å². The van der Waals surface area contributed by atoms with E-state index in [-0.39, 0.29) is 11.9 Å². The molecule has 0 N–H and O–H groups in total. The van der Waals surface area contributed by atoms with Crippen LogP contribution in [0.2, 0.25) is 0 Å². The van der Waals surface area contributed by atoms with Gasteiger partial charge in [0.05, 0.1) is 29.7 Å². The summed E-state index contributed by atoms with van der Waals surface area (Å²) < 4.78 is 10.1. The number of aryl methyl sites for hydroxylation is 1. The predicted octanol–water partition coefficient (Wildman–Crippen LogP) is 4.26.